The van der Waals surface area contributed by atoms with Gasteiger partial charge >= 0.3 is 0 Å². The summed E-state index contributed by atoms with van der Waals surface area (Å²) in [4.78, 5) is 0. The van der Waals surface area contributed by atoms with Gasteiger partial charge in [0.15, 0.2) is 0 Å². The van der Waals surface area contributed by atoms with E-state index in [1.165, 1.54) is 0 Å². The molecule has 1 rings (SSSR count). The van der Waals surface area contributed by atoms with Crippen molar-refractivity contribution in [2.75, 3.05) is 25.4 Å². The minimum absolute atomic E-state index is 0.199. The Hall–Kier alpha value is -0.130. The molecule has 0 unspecified atom stereocenters. The molecule has 0 saturated carbocycles. The van der Waals surface area contributed by atoms with Crippen molar-refractivity contribution in [1.82, 2.24) is 9.62 Å². The van der Waals surface area contributed by atoms with Crippen molar-refractivity contribution in [3.8, 4) is 0 Å². The van der Waals surface area contributed by atoms with Gasteiger partial charge in [0, 0.05) is 25.7 Å². The summed E-state index contributed by atoms with van der Waals surface area (Å²) in [5, 5.41) is 3.23. The van der Waals surface area contributed by atoms with Gasteiger partial charge in [-0.1, -0.05) is 13.8 Å². The molecule has 0 aromatic rings. The van der Waals surface area contributed by atoms with E-state index in [1.54, 1.807) is 4.31 Å². The number of hydrogen-bond donors (Lipinski definition) is 1. The van der Waals surface area contributed by atoms with E-state index in [2.05, 4.69) is 5.32 Å². The lowest BCUT2D eigenvalue weighted by Crippen LogP contribution is -2.52. The number of piperazine rings is 1. The SMILES string of the molecule is CC(C)CS(=O)(=O)N1CCN[C@@H](C)C1. The number of hydrogen-bond acceptors (Lipinski definition) is 3. The lowest BCUT2D eigenvalue weighted by molar-refractivity contribution is 0.309. The van der Waals surface area contributed by atoms with E-state index in [9.17, 15) is 8.42 Å². The first-order valence-electron chi connectivity index (χ1n) is 5.13. The van der Waals surface area contributed by atoms with Crippen molar-refractivity contribution in [2.24, 2.45) is 5.92 Å². The van der Waals surface area contributed by atoms with Crippen LogP contribution in [0.5, 0.6) is 0 Å². The average Bonchev–Trinajstić information content (AvgIpc) is 2.01. The van der Waals surface area contributed by atoms with Crippen LogP contribution in [-0.4, -0.2) is 44.2 Å². The van der Waals surface area contributed by atoms with Crippen LogP contribution >= 0.6 is 0 Å². The minimum atomic E-state index is -3.02. The molecule has 4 nitrogen and oxygen atoms in total. The maximum Gasteiger partial charge on any atom is 0.214 e. The van der Waals surface area contributed by atoms with E-state index in [-0.39, 0.29) is 17.7 Å². The Labute approximate surface area is 86.7 Å². The third-order valence-corrected chi connectivity index (χ3v) is 4.48. The van der Waals surface area contributed by atoms with Gasteiger partial charge in [0.05, 0.1) is 5.75 Å². The second-order valence-electron chi connectivity index (χ2n) is 4.39. The molecular formula is C9H20N2O2S. The van der Waals surface area contributed by atoms with Crippen LogP contribution in [0.25, 0.3) is 0 Å². The van der Waals surface area contributed by atoms with Gasteiger partial charge in [0.1, 0.15) is 0 Å². The van der Waals surface area contributed by atoms with Gasteiger partial charge in [-0.25, -0.2) is 8.42 Å². The molecule has 0 bridgehead atoms. The number of nitrogens with zero attached hydrogens (tertiary/aromatic N) is 1. The van der Waals surface area contributed by atoms with E-state index in [0.29, 0.717) is 13.1 Å². The lowest BCUT2D eigenvalue weighted by atomic mass is 10.3. The molecule has 1 fully saturated rings. The third-order valence-electron chi connectivity index (χ3n) is 2.27. The van der Waals surface area contributed by atoms with Crippen molar-refractivity contribution in [3.63, 3.8) is 0 Å². The minimum Gasteiger partial charge on any atom is -0.312 e. The van der Waals surface area contributed by atoms with Crippen LogP contribution in [0.4, 0.5) is 0 Å². The summed E-state index contributed by atoms with van der Waals surface area (Å²) >= 11 is 0. The topological polar surface area (TPSA) is 49.4 Å². The molecule has 0 amide bonds. The van der Waals surface area contributed by atoms with E-state index in [4.69, 9.17) is 0 Å². The number of sulfonamides is 1. The maximum absolute atomic E-state index is 11.8. The molecule has 0 spiro atoms. The Morgan fingerprint density at radius 2 is 2.14 bits per heavy atom. The van der Waals surface area contributed by atoms with Crippen LogP contribution in [0.1, 0.15) is 20.8 Å². The summed E-state index contributed by atoms with van der Waals surface area (Å²) < 4.78 is 25.3. The largest absolute Gasteiger partial charge is 0.312 e. The Balaban J connectivity index is 2.62. The number of rotatable bonds is 3. The van der Waals surface area contributed by atoms with Crippen molar-refractivity contribution >= 4 is 10.0 Å². The van der Waals surface area contributed by atoms with E-state index >= 15 is 0 Å². The molecule has 0 aliphatic carbocycles. The zero-order valence-electron chi connectivity index (χ0n) is 9.16. The first-order valence-corrected chi connectivity index (χ1v) is 6.74. The zero-order chi connectivity index (χ0) is 10.8. The molecule has 1 saturated heterocycles. The summed E-state index contributed by atoms with van der Waals surface area (Å²) in [6, 6.07) is 0.269. The van der Waals surface area contributed by atoms with Crippen molar-refractivity contribution < 1.29 is 8.42 Å². The summed E-state index contributed by atoms with van der Waals surface area (Å²) in [6.45, 7) is 7.86. The summed E-state index contributed by atoms with van der Waals surface area (Å²) in [5.41, 5.74) is 0. The van der Waals surface area contributed by atoms with Crippen LogP contribution in [-0.2, 0) is 10.0 Å². The van der Waals surface area contributed by atoms with Crippen LogP contribution in [0.2, 0.25) is 0 Å². The lowest BCUT2D eigenvalue weighted by Gasteiger charge is -2.31. The first kappa shape index (κ1) is 11.9. The Kier molecular flexibility index (Phi) is 3.92. The fourth-order valence-corrected chi connectivity index (χ4v) is 3.55. The molecule has 5 heteroatoms. The first-order chi connectivity index (χ1) is 6.42. The average molecular weight is 220 g/mol. The molecule has 1 N–H and O–H groups in total. The van der Waals surface area contributed by atoms with Gasteiger partial charge < -0.3 is 5.32 Å². The fourth-order valence-electron chi connectivity index (χ4n) is 1.68. The molecule has 1 atom stereocenters. The van der Waals surface area contributed by atoms with Gasteiger partial charge in [-0.15, -0.1) is 0 Å². The highest BCUT2D eigenvalue weighted by molar-refractivity contribution is 7.89. The smallest absolute Gasteiger partial charge is 0.214 e. The molecule has 14 heavy (non-hydrogen) atoms. The van der Waals surface area contributed by atoms with E-state index in [1.807, 2.05) is 20.8 Å². The molecular weight excluding hydrogens is 200 g/mol. The Morgan fingerprint density at radius 3 is 2.64 bits per heavy atom. The molecule has 0 aromatic carbocycles. The monoisotopic (exact) mass is 220 g/mol. The van der Waals surface area contributed by atoms with Crippen LogP contribution in [0, 0.1) is 5.92 Å². The molecule has 0 radical (unpaired) electrons. The van der Waals surface area contributed by atoms with E-state index < -0.39 is 10.0 Å². The van der Waals surface area contributed by atoms with Gasteiger partial charge in [-0.05, 0) is 12.8 Å². The van der Waals surface area contributed by atoms with E-state index in [0.717, 1.165) is 6.54 Å². The van der Waals surface area contributed by atoms with Gasteiger partial charge in [0.25, 0.3) is 0 Å². The van der Waals surface area contributed by atoms with Gasteiger partial charge in [-0.3, -0.25) is 0 Å². The van der Waals surface area contributed by atoms with Gasteiger partial charge in [-0.2, -0.15) is 4.31 Å². The van der Waals surface area contributed by atoms with Crippen LogP contribution in [0.3, 0.4) is 0 Å². The highest BCUT2D eigenvalue weighted by Crippen LogP contribution is 2.09. The Morgan fingerprint density at radius 1 is 1.50 bits per heavy atom. The highest BCUT2D eigenvalue weighted by Gasteiger charge is 2.26. The standard InChI is InChI=1S/C9H20N2O2S/c1-8(2)7-14(12,13)11-5-4-10-9(3)6-11/h8-10H,4-7H2,1-3H3/t9-/m0/s1. The van der Waals surface area contributed by atoms with Crippen molar-refractivity contribution in [1.29, 1.82) is 0 Å². The predicted molar refractivity (Wildman–Crippen MR) is 57.7 cm³/mol. The molecule has 1 heterocycles. The summed E-state index contributed by atoms with van der Waals surface area (Å²) in [7, 11) is -3.02. The van der Waals surface area contributed by atoms with Gasteiger partial charge in [0.2, 0.25) is 10.0 Å². The highest BCUT2D eigenvalue weighted by atomic mass is 32.2. The quantitative estimate of drug-likeness (QED) is 0.742. The Bertz CT molecular complexity index is 275. The second-order valence-corrected chi connectivity index (χ2v) is 6.40. The molecule has 1 aliphatic rings. The predicted octanol–water partition coefficient (Wildman–Crippen LogP) is 0.266. The normalized spacial score (nSPS) is 25.6. The van der Waals surface area contributed by atoms with Crippen LogP contribution in [0.15, 0.2) is 0 Å². The van der Waals surface area contributed by atoms with Crippen LogP contribution < -0.4 is 5.32 Å². The molecule has 1 aliphatic heterocycles. The summed E-state index contributed by atoms with van der Waals surface area (Å²) in [5.74, 6) is 0.463. The fraction of sp³-hybridized carbons (Fsp3) is 1.00. The molecule has 84 valence electrons. The second kappa shape index (κ2) is 4.59. The van der Waals surface area contributed by atoms with Crippen molar-refractivity contribution in [2.45, 2.75) is 26.8 Å². The molecule has 0 aromatic heterocycles. The number of nitrogens with one attached hydrogen (secondary N) is 1. The zero-order valence-corrected chi connectivity index (χ0v) is 9.97. The van der Waals surface area contributed by atoms with Crippen molar-refractivity contribution in [3.05, 3.63) is 0 Å². The third kappa shape index (κ3) is 3.22. The summed E-state index contributed by atoms with van der Waals surface area (Å²) in [6.07, 6.45) is 0. The maximum atomic E-state index is 11.8.